The molecule has 2 aromatic carbocycles. The Balaban J connectivity index is 2.45. The highest BCUT2D eigenvalue weighted by molar-refractivity contribution is 7.92. The monoisotopic (exact) mass is 330 g/mol. The standard InChI is InChI=1S/C16H14N2O4S/c1-2-11-6-7-15(14(9-11)16(19)20)18-23(21,22)13-5-3-4-12(8-13)10-17/h3-9,18H,2H2,1H3,(H,19,20). The van der Waals surface area contributed by atoms with Crippen LogP contribution in [0.4, 0.5) is 5.69 Å². The summed E-state index contributed by atoms with van der Waals surface area (Å²) in [6.07, 6.45) is 0.636. The molecule has 0 unspecified atom stereocenters. The van der Waals surface area contributed by atoms with E-state index in [4.69, 9.17) is 5.26 Å². The van der Waals surface area contributed by atoms with Crippen molar-refractivity contribution < 1.29 is 18.3 Å². The van der Waals surface area contributed by atoms with Crippen LogP contribution in [0.15, 0.2) is 47.4 Å². The van der Waals surface area contributed by atoms with Gasteiger partial charge in [0, 0.05) is 0 Å². The Morgan fingerprint density at radius 1 is 1.26 bits per heavy atom. The van der Waals surface area contributed by atoms with Gasteiger partial charge in [-0.3, -0.25) is 4.72 Å². The minimum atomic E-state index is -3.99. The molecule has 0 heterocycles. The first-order valence-corrected chi connectivity index (χ1v) is 8.25. The molecular weight excluding hydrogens is 316 g/mol. The molecule has 0 atom stereocenters. The molecule has 0 spiro atoms. The third kappa shape index (κ3) is 3.67. The Hall–Kier alpha value is -2.85. The van der Waals surface area contributed by atoms with Crippen LogP contribution in [0.3, 0.4) is 0 Å². The zero-order valence-electron chi connectivity index (χ0n) is 12.3. The van der Waals surface area contributed by atoms with Crippen LogP contribution in [-0.4, -0.2) is 19.5 Å². The number of hydrogen-bond acceptors (Lipinski definition) is 4. The number of hydrogen-bond donors (Lipinski definition) is 2. The second kappa shape index (κ2) is 6.50. The van der Waals surface area contributed by atoms with E-state index < -0.39 is 16.0 Å². The van der Waals surface area contributed by atoms with Crippen LogP contribution in [0.2, 0.25) is 0 Å². The number of rotatable bonds is 5. The lowest BCUT2D eigenvalue weighted by atomic mass is 10.1. The van der Waals surface area contributed by atoms with Gasteiger partial charge >= 0.3 is 5.97 Å². The van der Waals surface area contributed by atoms with Crippen LogP contribution in [-0.2, 0) is 16.4 Å². The molecule has 0 radical (unpaired) electrons. The number of nitriles is 1. The molecule has 0 saturated carbocycles. The van der Waals surface area contributed by atoms with Crippen molar-refractivity contribution in [1.29, 1.82) is 5.26 Å². The Bertz CT molecular complexity index is 899. The topological polar surface area (TPSA) is 107 Å². The van der Waals surface area contributed by atoms with Crippen molar-refractivity contribution in [2.45, 2.75) is 18.2 Å². The Kier molecular flexibility index (Phi) is 4.67. The third-order valence-electron chi connectivity index (χ3n) is 3.24. The number of nitrogens with zero attached hydrogens (tertiary/aromatic N) is 1. The number of anilines is 1. The molecule has 0 bridgehead atoms. The summed E-state index contributed by atoms with van der Waals surface area (Å²) < 4.78 is 27.0. The number of carboxylic acid groups (broad SMARTS) is 1. The quantitative estimate of drug-likeness (QED) is 0.876. The fourth-order valence-corrected chi connectivity index (χ4v) is 3.14. The molecule has 7 heteroatoms. The molecule has 23 heavy (non-hydrogen) atoms. The van der Waals surface area contributed by atoms with Crippen LogP contribution < -0.4 is 4.72 Å². The van der Waals surface area contributed by atoms with Crippen molar-refractivity contribution in [2.24, 2.45) is 0 Å². The van der Waals surface area contributed by atoms with E-state index in [0.717, 1.165) is 5.56 Å². The number of aryl methyl sites for hydroxylation is 1. The molecule has 0 aromatic heterocycles. The van der Waals surface area contributed by atoms with E-state index in [2.05, 4.69) is 4.72 Å². The van der Waals surface area contributed by atoms with Crippen LogP contribution in [0.5, 0.6) is 0 Å². The van der Waals surface area contributed by atoms with E-state index in [-0.39, 0.29) is 21.7 Å². The number of aromatic carboxylic acids is 1. The molecule has 2 N–H and O–H groups in total. The van der Waals surface area contributed by atoms with Crippen molar-refractivity contribution in [1.82, 2.24) is 0 Å². The SMILES string of the molecule is CCc1ccc(NS(=O)(=O)c2cccc(C#N)c2)c(C(=O)O)c1. The predicted molar refractivity (Wildman–Crippen MR) is 84.7 cm³/mol. The molecule has 0 saturated heterocycles. The Morgan fingerprint density at radius 3 is 2.61 bits per heavy atom. The van der Waals surface area contributed by atoms with Gasteiger partial charge in [-0.25, -0.2) is 13.2 Å². The molecule has 2 aromatic rings. The van der Waals surface area contributed by atoms with Gasteiger partial charge in [-0.1, -0.05) is 19.1 Å². The van der Waals surface area contributed by atoms with Crippen LogP contribution >= 0.6 is 0 Å². The summed E-state index contributed by atoms with van der Waals surface area (Å²) in [5, 5.41) is 18.1. The first-order valence-electron chi connectivity index (χ1n) is 6.76. The zero-order valence-corrected chi connectivity index (χ0v) is 13.1. The number of sulfonamides is 1. The van der Waals surface area contributed by atoms with E-state index in [1.807, 2.05) is 13.0 Å². The molecule has 0 fully saturated rings. The first-order chi connectivity index (χ1) is 10.9. The summed E-state index contributed by atoms with van der Waals surface area (Å²) in [6.45, 7) is 1.87. The summed E-state index contributed by atoms with van der Waals surface area (Å²) >= 11 is 0. The van der Waals surface area contributed by atoms with Gasteiger partial charge in [0.25, 0.3) is 10.0 Å². The minimum absolute atomic E-state index is 0.0166. The number of benzene rings is 2. The van der Waals surface area contributed by atoms with E-state index in [1.54, 1.807) is 6.07 Å². The minimum Gasteiger partial charge on any atom is -0.478 e. The van der Waals surface area contributed by atoms with Crippen LogP contribution in [0.25, 0.3) is 0 Å². The summed E-state index contributed by atoms with van der Waals surface area (Å²) in [6, 6.07) is 11.9. The van der Waals surface area contributed by atoms with Crippen molar-refractivity contribution in [2.75, 3.05) is 4.72 Å². The zero-order chi connectivity index (χ0) is 17.0. The van der Waals surface area contributed by atoms with Gasteiger partial charge in [-0.2, -0.15) is 5.26 Å². The van der Waals surface area contributed by atoms with Crippen molar-refractivity contribution in [3.63, 3.8) is 0 Å². The lowest BCUT2D eigenvalue weighted by molar-refractivity contribution is 0.0698. The van der Waals surface area contributed by atoms with Crippen molar-refractivity contribution in [3.05, 3.63) is 59.2 Å². The molecule has 6 nitrogen and oxygen atoms in total. The van der Waals surface area contributed by atoms with Crippen molar-refractivity contribution in [3.8, 4) is 6.07 Å². The molecule has 0 aliphatic heterocycles. The summed E-state index contributed by atoms with van der Waals surface area (Å²) in [5.74, 6) is -1.22. The highest BCUT2D eigenvalue weighted by Gasteiger charge is 2.19. The lowest BCUT2D eigenvalue weighted by Crippen LogP contribution is -2.16. The maximum atomic E-state index is 12.4. The molecule has 0 amide bonds. The lowest BCUT2D eigenvalue weighted by Gasteiger charge is -2.12. The molecular formula is C16H14N2O4S. The van der Waals surface area contributed by atoms with Crippen LogP contribution in [0, 0.1) is 11.3 Å². The van der Waals surface area contributed by atoms with Crippen LogP contribution in [0.1, 0.15) is 28.4 Å². The van der Waals surface area contributed by atoms with Gasteiger partial charge in [0.1, 0.15) is 0 Å². The second-order valence-corrected chi connectivity index (χ2v) is 6.47. The fraction of sp³-hybridized carbons (Fsp3) is 0.125. The van der Waals surface area contributed by atoms with E-state index in [0.29, 0.717) is 6.42 Å². The maximum absolute atomic E-state index is 12.4. The maximum Gasteiger partial charge on any atom is 0.337 e. The molecule has 0 aliphatic rings. The van der Waals surface area contributed by atoms with E-state index >= 15 is 0 Å². The summed E-state index contributed by atoms with van der Waals surface area (Å²) in [5.41, 5.74) is 0.853. The largest absolute Gasteiger partial charge is 0.478 e. The summed E-state index contributed by atoms with van der Waals surface area (Å²) in [7, 11) is -3.99. The molecule has 0 aliphatic carbocycles. The second-order valence-electron chi connectivity index (χ2n) is 4.78. The molecule has 2 rings (SSSR count). The number of nitrogens with one attached hydrogen (secondary N) is 1. The molecule has 118 valence electrons. The van der Waals surface area contributed by atoms with Gasteiger partial charge in [0.05, 0.1) is 27.8 Å². The fourth-order valence-electron chi connectivity index (χ4n) is 2.01. The normalized spacial score (nSPS) is 10.8. The Labute approximate surface area is 134 Å². The van der Waals surface area contributed by atoms with Gasteiger partial charge in [0.2, 0.25) is 0 Å². The van der Waals surface area contributed by atoms with Crippen molar-refractivity contribution >= 4 is 21.7 Å². The highest BCUT2D eigenvalue weighted by Crippen LogP contribution is 2.22. The van der Waals surface area contributed by atoms with E-state index in [9.17, 15) is 18.3 Å². The number of carbonyl (C=O) groups is 1. The average Bonchev–Trinajstić information content (AvgIpc) is 2.54. The van der Waals surface area contributed by atoms with Gasteiger partial charge in [-0.05, 0) is 42.3 Å². The van der Waals surface area contributed by atoms with E-state index in [1.165, 1.54) is 36.4 Å². The average molecular weight is 330 g/mol. The first kappa shape index (κ1) is 16.5. The predicted octanol–water partition coefficient (Wildman–Crippen LogP) is 2.62. The van der Waals surface area contributed by atoms with Gasteiger partial charge < -0.3 is 5.11 Å². The third-order valence-corrected chi connectivity index (χ3v) is 4.60. The smallest absolute Gasteiger partial charge is 0.337 e. The Morgan fingerprint density at radius 2 is 2.00 bits per heavy atom. The highest BCUT2D eigenvalue weighted by atomic mass is 32.2. The van der Waals surface area contributed by atoms with Gasteiger partial charge in [-0.15, -0.1) is 0 Å². The number of carboxylic acids is 1. The summed E-state index contributed by atoms with van der Waals surface area (Å²) in [4.78, 5) is 11.2. The van der Waals surface area contributed by atoms with Gasteiger partial charge in [0.15, 0.2) is 0 Å².